The van der Waals surface area contributed by atoms with E-state index in [0.717, 1.165) is 22.9 Å². The Kier molecular flexibility index (Phi) is 4.85. The monoisotopic (exact) mass is 306 g/mol. The minimum atomic E-state index is 0.283. The van der Waals surface area contributed by atoms with Crippen molar-refractivity contribution >= 4 is 28.9 Å². The number of hydrogen-bond acceptors (Lipinski definition) is 5. The molecule has 0 unspecified atom stereocenters. The maximum atomic E-state index is 6.04. The first kappa shape index (κ1) is 15.4. The number of anilines is 3. The van der Waals surface area contributed by atoms with Gasteiger partial charge in [-0.25, -0.2) is 9.97 Å². The molecule has 0 fully saturated rings. The van der Waals surface area contributed by atoms with Gasteiger partial charge < -0.3 is 15.4 Å². The summed E-state index contributed by atoms with van der Waals surface area (Å²) < 4.78 is 5.23. The fraction of sp³-hybridized carbons (Fsp3) is 0.333. The van der Waals surface area contributed by atoms with Gasteiger partial charge in [-0.2, -0.15) is 0 Å². The van der Waals surface area contributed by atoms with Crippen LogP contribution < -0.4 is 15.4 Å². The number of benzene rings is 1. The molecule has 0 aliphatic heterocycles. The summed E-state index contributed by atoms with van der Waals surface area (Å²) in [6.45, 7) is 4.21. The van der Waals surface area contributed by atoms with E-state index in [4.69, 9.17) is 16.3 Å². The predicted molar refractivity (Wildman–Crippen MR) is 87.0 cm³/mol. The molecule has 0 saturated heterocycles. The highest BCUT2D eigenvalue weighted by molar-refractivity contribution is 6.32. The Balaban J connectivity index is 2.39. The third-order valence-corrected chi connectivity index (χ3v) is 3.42. The summed E-state index contributed by atoms with van der Waals surface area (Å²) in [5.41, 5.74) is 1.90. The normalized spacial score (nSPS) is 10.6. The highest BCUT2D eigenvalue weighted by Gasteiger charge is 2.14. The number of ether oxygens (including phenoxy) is 1. The zero-order valence-corrected chi connectivity index (χ0v) is 13.3. The van der Waals surface area contributed by atoms with Gasteiger partial charge in [-0.1, -0.05) is 25.4 Å². The summed E-state index contributed by atoms with van der Waals surface area (Å²) in [4.78, 5) is 8.61. The quantitative estimate of drug-likeness (QED) is 0.873. The lowest BCUT2D eigenvalue weighted by atomic mass is 10.0. The lowest BCUT2D eigenvalue weighted by Crippen LogP contribution is -2.07. The second-order valence-electron chi connectivity index (χ2n) is 4.86. The molecule has 2 rings (SSSR count). The van der Waals surface area contributed by atoms with Crippen molar-refractivity contribution in [3.05, 3.63) is 35.1 Å². The number of nitrogens with zero attached hydrogens (tertiary/aromatic N) is 2. The zero-order valence-electron chi connectivity index (χ0n) is 12.6. The third kappa shape index (κ3) is 3.36. The molecule has 0 amide bonds. The molecule has 1 aromatic heterocycles. The van der Waals surface area contributed by atoms with Gasteiger partial charge in [-0.3, -0.25) is 0 Å². The summed E-state index contributed by atoms with van der Waals surface area (Å²) in [6, 6.07) is 5.52. The molecule has 0 radical (unpaired) electrons. The number of methoxy groups -OCH3 is 1. The van der Waals surface area contributed by atoms with Crippen molar-refractivity contribution in [3.63, 3.8) is 0 Å². The van der Waals surface area contributed by atoms with Crippen molar-refractivity contribution < 1.29 is 4.74 Å². The van der Waals surface area contributed by atoms with Crippen molar-refractivity contribution in [2.45, 2.75) is 19.8 Å². The molecule has 0 atom stereocenters. The molecular weight excluding hydrogens is 288 g/mol. The van der Waals surface area contributed by atoms with E-state index in [-0.39, 0.29) is 5.92 Å². The van der Waals surface area contributed by atoms with Crippen LogP contribution >= 0.6 is 11.6 Å². The molecule has 5 nitrogen and oxygen atoms in total. The number of halogens is 1. The van der Waals surface area contributed by atoms with E-state index >= 15 is 0 Å². The molecule has 2 aromatic rings. The molecule has 6 heteroatoms. The molecule has 1 aromatic carbocycles. The maximum Gasteiger partial charge on any atom is 0.139 e. The standard InChI is InChI=1S/C15H19ClN4O/c1-9(2)13-14(17-3)18-8-19-15(13)20-10-5-6-11(16)12(7-10)21-4/h5-9H,1-4H3,(H2,17,18,19,20). The summed E-state index contributed by atoms with van der Waals surface area (Å²) in [5.74, 6) is 2.50. The van der Waals surface area contributed by atoms with Crippen LogP contribution in [0.15, 0.2) is 24.5 Å². The van der Waals surface area contributed by atoms with Crippen molar-refractivity contribution in [1.82, 2.24) is 9.97 Å². The van der Waals surface area contributed by atoms with Gasteiger partial charge in [0.2, 0.25) is 0 Å². The number of rotatable bonds is 5. The molecule has 0 bridgehead atoms. The van der Waals surface area contributed by atoms with Crippen LogP contribution in [0.5, 0.6) is 5.75 Å². The second kappa shape index (κ2) is 6.63. The number of aromatic nitrogens is 2. The molecule has 112 valence electrons. The lowest BCUT2D eigenvalue weighted by Gasteiger charge is -2.17. The van der Waals surface area contributed by atoms with Crippen LogP contribution in [0.1, 0.15) is 25.3 Å². The van der Waals surface area contributed by atoms with Gasteiger partial charge in [0.15, 0.2) is 0 Å². The molecule has 0 spiro atoms. The Morgan fingerprint density at radius 2 is 1.90 bits per heavy atom. The van der Waals surface area contributed by atoms with Gasteiger partial charge in [-0.15, -0.1) is 0 Å². The smallest absolute Gasteiger partial charge is 0.139 e. The summed E-state index contributed by atoms with van der Waals surface area (Å²) in [7, 11) is 3.44. The number of hydrogen-bond donors (Lipinski definition) is 2. The average molecular weight is 307 g/mol. The van der Waals surface area contributed by atoms with Gasteiger partial charge in [0.1, 0.15) is 23.7 Å². The zero-order chi connectivity index (χ0) is 15.4. The topological polar surface area (TPSA) is 59.1 Å². The van der Waals surface area contributed by atoms with E-state index in [1.807, 2.05) is 19.2 Å². The van der Waals surface area contributed by atoms with Crippen LogP contribution in [0, 0.1) is 0 Å². The Labute approximate surface area is 129 Å². The van der Waals surface area contributed by atoms with Gasteiger partial charge in [0.25, 0.3) is 0 Å². The minimum Gasteiger partial charge on any atom is -0.495 e. The Morgan fingerprint density at radius 1 is 1.19 bits per heavy atom. The highest BCUT2D eigenvalue weighted by atomic mass is 35.5. The Hall–Kier alpha value is -2.01. The van der Waals surface area contributed by atoms with Crippen molar-refractivity contribution in [3.8, 4) is 5.75 Å². The molecular formula is C15H19ClN4O. The van der Waals surface area contributed by atoms with E-state index in [2.05, 4.69) is 34.4 Å². The SMILES string of the molecule is CNc1ncnc(Nc2ccc(Cl)c(OC)c2)c1C(C)C. The first-order valence-corrected chi connectivity index (χ1v) is 7.07. The Bertz CT molecular complexity index is 631. The first-order chi connectivity index (χ1) is 10.1. The predicted octanol–water partition coefficient (Wildman–Crippen LogP) is 4.05. The first-order valence-electron chi connectivity index (χ1n) is 6.70. The number of nitrogens with one attached hydrogen (secondary N) is 2. The van der Waals surface area contributed by atoms with Crippen LogP contribution in [0.2, 0.25) is 5.02 Å². The summed E-state index contributed by atoms with van der Waals surface area (Å²) in [5, 5.41) is 6.97. The van der Waals surface area contributed by atoms with Crippen LogP contribution in [-0.4, -0.2) is 24.1 Å². The van der Waals surface area contributed by atoms with Gasteiger partial charge >= 0.3 is 0 Å². The molecule has 0 aliphatic rings. The second-order valence-corrected chi connectivity index (χ2v) is 5.27. The third-order valence-electron chi connectivity index (χ3n) is 3.11. The summed E-state index contributed by atoms with van der Waals surface area (Å²) in [6.07, 6.45) is 1.53. The van der Waals surface area contributed by atoms with Gasteiger partial charge in [0.05, 0.1) is 12.1 Å². The van der Waals surface area contributed by atoms with Crippen LogP contribution in [-0.2, 0) is 0 Å². The van der Waals surface area contributed by atoms with Gasteiger partial charge in [0, 0.05) is 24.4 Å². The molecule has 2 N–H and O–H groups in total. The molecule has 21 heavy (non-hydrogen) atoms. The minimum absolute atomic E-state index is 0.283. The average Bonchev–Trinajstić information content (AvgIpc) is 2.48. The fourth-order valence-corrected chi connectivity index (χ4v) is 2.31. The highest BCUT2D eigenvalue weighted by Crippen LogP contribution is 2.32. The van der Waals surface area contributed by atoms with Crippen molar-refractivity contribution in [1.29, 1.82) is 0 Å². The van der Waals surface area contributed by atoms with Crippen LogP contribution in [0.25, 0.3) is 0 Å². The summed E-state index contributed by atoms with van der Waals surface area (Å²) >= 11 is 6.04. The largest absolute Gasteiger partial charge is 0.495 e. The van der Waals surface area contributed by atoms with Crippen molar-refractivity contribution in [2.75, 3.05) is 24.8 Å². The van der Waals surface area contributed by atoms with E-state index in [1.165, 1.54) is 6.33 Å². The van der Waals surface area contributed by atoms with E-state index < -0.39 is 0 Å². The van der Waals surface area contributed by atoms with Crippen molar-refractivity contribution in [2.24, 2.45) is 0 Å². The van der Waals surface area contributed by atoms with Crippen LogP contribution in [0.4, 0.5) is 17.3 Å². The van der Waals surface area contributed by atoms with E-state index in [9.17, 15) is 0 Å². The van der Waals surface area contributed by atoms with Gasteiger partial charge in [-0.05, 0) is 18.1 Å². The maximum absolute atomic E-state index is 6.04. The Morgan fingerprint density at radius 3 is 2.52 bits per heavy atom. The van der Waals surface area contributed by atoms with Crippen LogP contribution in [0.3, 0.4) is 0 Å². The fourth-order valence-electron chi connectivity index (χ4n) is 2.12. The molecule has 1 heterocycles. The molecule has 0 saturated carbocycles. The lowest BCUT2D eigenvalue weighted by molar-refractivity contribution is 0.415. The molecule has 0 aliphatic carbocycles. The van der Waals surface area contributed by atoms with E-state index in [1.54, 1.807) is 13.2 Å². The van der Waals surface area contributed by atoms with E-state index in [0.29, 0.717) is 10.8 Å².